The zero-order valence-electron chi connectivity index (χ0n) is 16.3. The molecule has 150 valence electrons. The number of methoxy groups -OCH3 is 1. The summed E-state index contributed by atoms with van der Waals surface area (Å²) in [4.78, 5) is 29.1. The second-order valence-corrected chi connectivity index (χ2v) is 7.85. The van der Waals surface area contributed by atoms with E-state index in [1.165, 1.54) is 11.5 Å². The molecule has 1 fully saturated rings. The van der Waals surface area contributed by atoms with Crippen molar-refractivity contribution >= 4 is 33.4 Å². The number of aryl methyl sites for hydroxylation is 1. The van der Waals surface area contributed by atoms with E-state index in [4.69, 9.17) is 4.74 Å². The molecule has 7 heteroatoms. The Morgan fingerprint density at radius 3 is 2.41 bits per heavy atom. The second-order valence-electron chi connectivity index (χ2n) is 7.05. The Morgan fingerprint density at radius 1 is 1.00 bits per heavy atom. The number of carbonyl (C=O) groups is 2. The summed E-state index contributed by atoms with van der Waals surface area (Å²) < 4.78 is 10.5. The minimum absolute atomic E-state index is 0.0484. The molecule has 0 atom stereocenters. The van der Waals surface area contributed by atoms with Crippen molar-refractivity contribution in [3.05, 3.63) is 59.8 Å². The lowest BCUT2D eigenvalue weighted by Crippen LogP contribution is -2.50. The van der Waals surface area contributed by atoms with Gasteiger partial charge in [-0.25, -0.2) is 0 Å². The van der Waals surface area contributed by atoms with Gasteiger partial charge in [-0.3, -0.25) is 9.59 Å². The number of hydrogen-bond donors (Lipinski definition) is 0. The van der Waals surface area contributed by atoms with Crippen molar-refractivity contribution in [3.8, 4) is 5.75 Å². The summed E-state index contributed by atoms with van der Waals surface area (Å²) in [6.07, 6.45) is 1.17. The Balaban J connectivity index is 1.30. The predicted octanol–water partition coefficient (Wildman–Crippen LogP) is 3.22. The molecule has 0 spiro atoms. The third kappa shape index (κ3) is 4.24. The first-order chi connectivity index (χ1) is 14.2. The number of fused-ring (bicyclic) bond motifs is 1. The monoisotopic (exact) mass is 409 g/mol. The van der Waals surface area contributed by atoms with Crippen molar-refractivity contribution in [2.75, 3.05) is 33.3 Å². The molecule has 2 amide bonds. The van der Waals surface area contributed by atoms with E-state index in [9.17, 15) is 9.59 Å². The van der Waals surface area contributed by atoms with Crippen LogP contribution in [0.15, 0.2) is 48.5 Å². The van der Waals surface area contributed by atoms with E-state index in [1.807, 2.05) is 53.4 Å². The Kier molecular flexibility index (Phi) is 5.76. The summed E-state index contributed by atoms with van der Waals surface area (Å²) in [5.74, 6) is 0.897. The number of rotatable bonds is 5. The lowest BCUT2D eigenvalue weighted by molar-refractivity contribution is -0.132. The summed E-state index contributed by atoms with van der Waals surface area (Å²) >= 11 is 1.35. The average Bonchev–Trinajstić information content (AvgIpc) is 3.21. The molecule has 0 bridgehead atoms. The van der Waals surface area contributed by atoms with Gasteiger partial charge in [-0.2, -0.15) is 4.37 Å². The fourth-order valence-corrected chi connectivity index (χ4v) is 4.32. The number of nitrogens with zero attached hydrogens (tertiary/aromatic N) is 3. The van der Waals surface area contributed by atoms with Gasteiger partial charge in [0, 0.05) is 38.0 Å². The van der Waals surface area contributed by atoms with E-state index in [0.717, 1.165) is 21.4 Å². The van der Waals surface area contributed by atoms with Gasteiger partial charge >= 0.3 is 0 Å². The maximum Gasteiger partial charge on any atom is 0.274 e. The highest BCUT2D eigenvalue weighted by molar-refractivity contribution is 7.13. The van der Waals surface area contributed by atoms with Gasteiger partial charge in [0.05, 0.1) is 11.8 Å². The minimum Gasteiger partial charge on any atom is -0.497 e. The first-order valence-electron chi connectivity index (χ1n) is 9.70. The van der Waals surface area contributed by atoms with Gasteiger partial charge in [0.2, 0.25) is 5.91 Å². The molecule has 0 unspecified atom stereocenters. The van der Waals surface area contributed by atoms with E-state index >= 15 is 0 Å². The van der Waals surface area contributed by atoms with Gasteiger partial charge < -0.3 is 14.5 Å². The molecule has 1 aliphatic rings. The number of piperazine rings is 1. The highest BCUT2D eigenvalue weighted by Crippen LogP contribution is 2.24. The van der Waals surface area contributed by atoms with Crippen LogP contribution in [0.25, 0.3) is 10.1 Å². The number of amides is 2. The standard InChI is InChI=1S/C22H23N3O3S/c1-28-17-9-6-16(7-10-17)8-11-20(26)24-12-14-25(15-13-24)22(27)21-18-4-2-3-5-19(18)29-23-21/h2-7,9-10H,8,11-15H2,1H3. The van der Waals surface area contributed by atoms with Crippen LogP contribution in [0, 0.1) is 0 Å². The van der Waals surface area contributed by atoms with Crippen molar-refractivity contribution in [3.63, 3.8) is 0 Å². The number of ether oxygens (including phenoxy) is 1. The third-order valence-corrected chi connectivity index (χ3v) is 6.11. The Labute approximate surface area is 173 Å². The van der Waals surface area contributed by atoms with E-state index in [-0.39, 0.29) is 11.8 Å². The largest absolute Gasteiger partial charge is 0.497 e. The van der Waals surface area contributed by atoms with Crippen LogP contribution in [-0.2, 0) is 11.2 Å². The van der Waals surface area contributed by atoms with Gasteiger partial charge in [0.25, 0.3) is 5.91 Å². The molecule has 0 radical (unpaired) electrons. The number of benzene rings is 2. The van der Waals surface area contributed by atoms with E-state index in [0.29, 0.717) is 44.7 Å². The van der Waals surface area contributed by atoms with Gasteiger partial charge in [-0.1, -0.05) is 30.3 Å². The van der Waals surface area contributed by atoms with Gasteiger partial charge in [-0.15, -0.1) is 0 Å². The Morgan fingerprint density at radius 2 is 1.69 bits per heavy atom. The van der Waals surface area contributed by atoms with Crippen LogP contribution in [0.2, 0.25) is 0 Å². The van der Waals surface area contributed by atoms with Gasteiger partial charge in [-0.05, 0) is 41.7 Å². The zero-order chi connectivity index (χ0) is 20.2. The minimum atomic E-state index is -0.0484. The summed E-state index contributed by atoms with van der Waals surface area (Å²) in [5.41, 5.74) is 1.63. The molecule has 3 aromatic rings. The summed E-state index contributed by atoms with van der Waals surface area (Å²) in [5, 5.41) is 0.903. The van der Waals surface area contributed by atoms with E-state index < -0.39 is 0 Å². The highest BCUT2D eigenvalue weighted by atomic mass is 32.1. The normalized spacial score (nSPS) is 14.2. The maximum absolute atomic E-state index is 12.9. The Hall–Kier alpha value is -2.93. The highest BCUT2D eigenvalue weighted by Gasteiger charge is 2.26. The van der Waals surface area contributed by atoms with Crippen molar-refractivity contribution in [1.29, 1.82) is 0 Å². The molecule has 1 aromatic heterocycles. The molecule has 1 aliphatic heterocycles. The zero-order valence-corrected chi connectivity index (χ0v) is 17.2. The number of carbonyl (C=O) groups excluding carboxylic acids is 2. The topological polar surface area (TPSA) is 62.7 Å². The third-order valence-electron chi connectivity index (χ3n) is 5.29. The van der Waals surface area contributed by atoms with Crippen molar-refractivity contribution in [2.24, 2.45) is 0 Å². The molecular weight excluding hydrogens is 386 g/mol. The molecule has 2 heterocycles. The van der Waals surface area contributed by atoms with Crippen LogP contribution in [0.3, 0.4) is 0 Å². The molecule has 0 saturated carbocycles. The van der Waals surface area contributed by atoms with E-state index in [1.54, 1.807) is 12.0 Å². The van der Waals surface area contributed by atoms with E-state index in [2.05, 4.69) is 4.37 Å². The fraction of sp³-hybridized carbons (Fsp3) is 0.318. The van der Waals surface area contributed by atoms with Crippen LogP contribution in [0.4, 0.5) is 0 Å². The summed E-state index contributed by atoms with van der Waals surface area (Å²) in [6, 6.07) is 15.6. The fourth-order valence-electron chi connectivity index (χ4n) is 3.55. The molecule has 0 aliphatic carbocycles. The molecule has 1 saturated heterocycles. The smallest absolute Gasteiger partial charge is 0.274 e. The lowest BCUT2D eigenvalue weighted by Gasteiger charge is -2.34. The van der Waals surface area contributed by atoms with Crippen LogP contribution >= 0.6 is 11.5 Å². The van der Waals surface area contributed by atoms with Gasteiger partial charge in [0.15, 0.2) is 0 Å². The lowest BCUT2D eigenvalue weighted by atomic mass is 10.1. The SMILES string of the molecule is COc1ccc(CCC(=O)N2CCN(C(=O)c3nsc4ccccc34)CC2)cc1. The number of aromatic nitrogens is 1. The summed E-state index contributed by atoms with van der Waals surface area (Å²) in [7, 11) is 1.64. The van der Waals surface area contributed by atoms with Crippen LogP contribution in [0.5, 0.6) is 5.75 Å². The van der Waals surface area contributed by atoms with Crippen molar-refractivity contribution in [2.45, 2.75) is 12.8 Å². The molecule has 6 nitrogen and oxygen atoms in total. The molecule has 29 heavy (non-hydrogen) atoms. The van der Waals surface area contributed by atoms with Gasteiger partial charge in [0.1, 0.15) is 11.4 Å². The Bertz CT molecular complexity index is 1010. The maximum atomic E-state index is 12.9. The van der Waals surface area contributed by atoms with Crippen LogP contribution < -0.4 is 4.74 Å². The molecular formula is C22H23N3O3S. The first kappa shape index (κ1) is 19.4. The second kappa shape index (κ2) is 8.61. The molecule has 2 aromatic carbocycles. The average molecular weight is 410 g/mol. The van der Waals surface area contributed by atoms with Crippen molar-refractivity contribution in [1.82, 2.24) is 14.2 Å². The molecule has 4 rings (SSSR count). The predicted molar refractivity (Wildman–Crippen MR) is 113 cm³/mol. The van der Waals surface area contributed by atoms with Crippen LogP contribution in [-0.4, -0.2) is 59.3 Å². The summed E-state index contributed by atoms with van der Waals surface area (Å²) in [6.45, 7) is 2.21. The number of hydrogen-bond acceptors (Lipinski definition) is 5. The first-order valence-corrected chi connectivity index (χ1v) is 10.5. The molecule has 0 N–H and O–H groups in total. The van der Waals surface area contributed by atoms with Crippen LogP contribution in [0.1, 0.15) is 22.5 Å². The van der Waals surface area contributed by atoms with Crippen molar-refractivity contribution < 1.29 is 14.3 Å². The quantitative estimate of drug-likeness (QED) is 0.649.